The molecule has 3 aromatic carbocycles. The smallest absolute Gasteiger partial charge is 0.243 e. The average molecular weight is 489 g/mol. The van der Waals surface area contributed by atoms with E-state index in [-0.39, 0.29) is 24.3 Å². The van der Waals surface area contributed by atoms with Gasteiger partial charge >= 0.3 is 0 Å². The van der Waals surface area contributed by atoms with E-state index in [1.807, 2.05) is 98.8 Å². The standard InChI is InChI=1S/C30H36N2O4/c1-23(2)31-30(34)28(21-24-12-6-4-7-13-24)32(22-25-14-10-17-27(20-25)35-3)29(33)18-11-19-36-26-15-8-5-9-16-26/h4-10,12-17,20,23,28H,11,18-19,21-22H2,1-3H3,(H,31,34)/t28-/m0/s1. The molecule has 6 nitrogen and oxygen atoms in total. The Morgan fingerprint density at radius 2 is 1.50 bits per heavy atom. The second kappa shape index (κ2) is 13.9. The van der Waals surface area contributed by atoms with Gasteiger partial charge in [-0.1, -0.05) is 60.7 Å². The summed E-state index contributed by atoms with van der Waals surface area (Å²) in [5, 5.41) is 3.01. The summed E-state index contributed by atoms with van der Waals surface area (Å²) in [6.45, 7) is 4.57. The highest BCUT2D eigenvalue weighted by Crippen LogP contribution is 2.20. The molecule has 0 radical (unpaired) electrons. The molecule has 0 aliphatic heterocycles. The van der Waals surface area contributed by atoms with E-state index in [4.69, 9.17) is 9.47 Å². The van der Waals surface area contributed by atoms with E-state index in [0.717, 1.165) is 16.9 Å². The Morgan fingerprint density at radius 1 is 0.861 bits per heavy atom. The highest BCUT2D eigenvalue weighted by atomic mass is 16.5. The first-order valence-electron chi connectivity index (χ1n) is 12.4. The van der Waals surface area contributed by atoms with E-state index in [2.05, 4.69) is 5.32 Å². The van der Waals surface area contributed by atoms with Crippen molar-refractivity contribution in [1.29, 1.82) is 0 Å². The third-order valence-electron chi connectivity index (χ3n) is 5.74. The zero-order valence-corrected chi connectivity index (χ0v) is 21.4. The Bertz CT molecular complexity index is 1090. The number of rotatable bonds is 13. The molecular formula is C30H36N2O4. The average Bonchev–Trinajstić information content (AvgIpc) is 2.89. The third-order valence-corrected chi connectivity index (χ3v) is 5.74. The van der Waals surface area contributed by atoms with Gasteiger partial charge in [0.05, 0.1) is 13.7 Å². The number of hydrogen-bond acceptors (Lipinski definition) is 4. The van der Waals surface area contributed by atoms with Crippen LogP contribution in [-0.2, 0) is 22.6 Å². The van der Waals surface area contributed by atoms with Gasteiger partial charge in [-0.2, -0.15) is 0 Å². The van der Waals surface area contributed by atoms with Crippen LogP contribution in [0.4, 0.5) is 0 Å². The molecule has 0 unspecified atom stereocenters. The van der Waals surface area contributed by atoms with Crippen LogP contribution in [0.3, 0.4) is 0 Å². The maximum Gasteiger partial charge on any atom is 0.243 e. The van der Waals surface area contributed by atoms with Crippen LogP contribution in [0.15, 0.2) is 84.9 Å². The van der Waals surface area contributed by atoms with Crippen molar-refractivity contribution in [1.82, 2.24) is 10.2 Å². The molecule has 0 aliphatic rings. The van der Waals surface area contributed by atoms with Gasteiger partial charge < -0.3 is 19.7 Å². The van der Waals surface area contributed by atoms with Crippen molar-refractivity contribution in [2.45, 2.75) is 51.7 Å². The Balaban J connectivity index is 1.81. The van der Waals surface area contributed by atoms with Crippen molar-refractivity contribution in [2.24, 2.45) is 0 Å². The summed E-state index contributed by atoms with van der Waals surface area (Å²) < 4.78 is 11.1. The van der Waals surface area contributed by atoms with E-state index in [1.165, 1.54) is 0 Å². The molecule has 0 bridgehead atoms. The normalized spacial score (nSPS) is 11.6. The number of nitrogens with zero attached hydrogens (tertiary/aromatic N) is 1. The molecule has 190 valence electrons. The number of carbonyl (C=O) groups is 2. The number of nitrogens with one attached hydrogen (secondary N) is 1. The molecule has 1 N–H and O–H groups in total. The highest BCUT2D eigenvalue weighted by Gasteiger charge is 2.30. The summed E-state index contributed by atoms with van der Waals surface area (Å²) >= 11 is 0. The lowest BCUT2D eigenvalue weighted by Gasteiger charge is -2.32. The van der Waals surface area contributed by atoms with Crippen LogP contribution in [0.1, 0.15) is 37.8 Å². The van der Waals surface area contributed by atoms with Gasteiger partial charge in [-0.25, -0.2) is 0 Å². The molecule has 1 atom stereocenters. The number of amides is 2. The molecule has 3 rings (SSSR count). The fraction of sp³-hybridized carbons (Fsp3) is 0.333. The molecule has 36 heavy (non-hydrogen) atoms. The van der Waals surface area contributed by atoms with E-state index in [1.54, 1.807) is 12.0 Å². The van der Waals surface area contributed by atoms with Gasteiger partial charge in [-0.15, -0.1) is 0 Å². The largest absolute Gasteiger partial charge is 0.497 e. The van der Waals surface area contributed by atoms with Crippen LogP contribution in [0, 0.1) is 0 Å². The van der Waals surface area contributed by atoms with Crippen molar-refractivity contribution in [3.05, 3.63) is 96.1 Å². The number of carbonyl (C=O) groups excluding carboxylic acids is 2. The van der Waals surface area contributed by atoms with Crippen LogP contribution in [0.2, 0.25) is 0 Å². The minimum Gasteiger partial charge on any atom is -0.497 e. The first-order chi connectivity index (χ1) is 17.5. The highest BCUT2D eigenvalue weighted by molar-refractivity contribution is 5.88. The molecule has 0 saturated heterocycles. The minimum absolute atomic E-state index is 0.0381. The Labute approximate surface area is 214 Å². The Morgan fingerprint density at radius 3 is 2.17 bits per heavy atom. The second-order valence-electron chi connectivity index (χ2n) is 9.01. The van der Waals surface area contributed by atoms with Gasteiger partial charge in [0.25, 0.3) is 0 Å². The maximum atomic E-state index is 13.6. The van der Waals surface area contributed by atoms with E-state index < -0.39 is 6.04 Å². The van der Waals surface area contributed by atoms with Crippen molar-refractivity contribution in [3.63, 3.8) is 0 Å². The summed E-state index contributed by atoms with van der Waals surface area (Å²) in [5.41, 5.74) is 1.90. The fourth-order valence-corrected chi connectivity index (χ4v) is 3.98. The van der Waals surface area contributed by atoms with Crippen LogP contribution in [0.5, 0.6) is 11.5 Å². The monoisotopic (exact) mass is 488 g/mol. The van der Waals surface area contributed by atoms with Crippen molar-refractivity contribution < 1.29 is 19.1 Å². The summed E-state index contributed by atoms with van der Waals surface area (Å²) in [5.74, 6) is 1.24. The van der Waals surface area contributed by atoms with Gasteiger partial charge in [-0.05, 0) is 55.7 Å². The molecule has 6 heteroatoms. The molecule has 0 saturated carbocycles. The van der Waals surface area contributed by atoms with Crippen molar-refractivity contribution >= 4 is 11.8 Å². The number of benzene rings is 3. The van der Waals surface area contributed by atoms with Crippen LogP contribution >= 0.6 is 0 Å². The summed E-state index contributed by atoms with van der Waals surface area (Å²) in [6.07, 6.45) is 1.25. The second-order valence-corrected chi connectivity index (χ2v) is 9.01. The topological polar surface area (TPSA) is 67.9 Å². The van der Waals surface area contributed by atoms with Crippen LogP contribution in [0.25, 0.3) is 0 Å². The molecule has 3 aromatic rings. The molecule has 0 fully saturated rings. The van der Waals surface area contributed by atoms with Gasteiger partial charge in [0.2, 0.25) is 11.8 Å². The fourth-order valence-electron chi connectivity index (χ4n) is 3.98. The molecular weight excluding hydrogens is 452 g/mol. The quantitative estimate of drug-likeness (QED) is 0.343. The van der Waals surface area contributed by atoms with Crippen LogP contribution in [-0.4, -0.2) is 42.5 Å². The minimum atomic E-state index is -0.649. The number of hydrogen-bond donors (Lipinski definition) is 1. The summed E-state index contributed by atoms with van der Waals surface area (Å²) in [6, 6.07) is 26.3. The number of methoxy groups -OCH3 is 1. The van der Waals surface area contributed by atoms with Gasteiger partial charge in [0.1, 0.15) is 17.5 Å². The lowest BCUT2D eigenvalue weighted by atomic mass is 10.0. The van der Waals surface area contributed by atoms with Crippen molar-refractivity contribution in [2.75, 3.05) is 13.7 Å². The molecule has 0 aliphatic carbocycles. The summed E-state index contributed by atoms with van der Waals surface area (Å²) in [7, 11) is 1.61. The van der Waals surface area contributed by atoms with E-state index in [9.17, 15) is 9.59 Å². The lowest BCUT2D eigenvalue weighted by Crippen LogP contribution is -2.51. The third kappa shape index (κ3) is 8.45. The molecule has 0 spiro atoms. The molecule has 2 amide bonds. The zero-order chi connectivity index (χ0) is 25.8. The number of para-hydroxylation sites is 1. The van der Waals surface area contributed by atoms with Gasteiger partial charge in [0.15, 0.2) is 0 Å². The first kappa shape index (κ1) is 26.8. The lowest BCUT2D eigenvalue weighted by molar-refractivity contribution is -0.141. The first-order valence-corrected chi connectivity index (χ1v) is 12.4. The van der Waals surface area contributed by atoms with Crippen LogP contribution < -0.4 is 14.8 Å². The zero-order valence-electron chi connectivity index (χ0n) is 21.4. The van der Waals surface area contributed by atoms with Gasteiger partial charge in [-0.3, -0.25) is 9.59 Å². The van der Waals surface area contributed by atoms with E-state index in [0.29, 0.717) is 31.7 Å². The number of ether oxygens (including phenoxy) is 2. The predicted molar refractivity (Wildman–Crippen MR) is 142 cm³/mol. The Kier molecular flexibility index (Phi) is 10.4. The predicted octanol–water partition coefficient (Wildman–Crippen LogP) is 5.02. The van der Waals surface area contributed by atoms with Crippen molar-refractivity contribution in [3.8, 4) is 11.5 Å². The van der Waals surface area contributed by atoms with Gasteiger partial charge in [0, 0.05) is 25.4 Å². The molecule has 0 aromatic heterocycles. The Hall–Kier alpha value is -3.80. The SMILES string of the molecule is COc1cccc(CN(C(=O)CCCOc2ccccc2)[C@@H](Cc2ccccc2)C(=O)NC(C)C)c1. The van der Waals surface area contributed by atoms with E-state index >= 15 is 0 Å². The maximum absolute atomic E-state index is 13.6. The summed E-state index contributed by atoms with van der Waals surface area (Å²) in [4.78, 5) is 28.7. The molecule has 0 heterocycles.